The van der Waals surface area contributed by atoms with Crippen LogP contribution < -0.4 is 0 Å². The van der Waals surface area contributed by atoms with Gasteiger partial charge in [-0.25, -0.2) is 0 Å². The maximum atomic E-state index is 3.63. The van der Waals surface area contributed by atoms with Gasteiger partial charge in [0, 0.05) is 0 Å². The van der Waals surface area contributed by atoms with E-state index in [1.807, 2.05) is 13.0 Å². The van der Waals surface area contributed by atoms with Gasteiger partial charge in [0.15, 0.2) is 0 Å². The molecule has 54 valence electrons. The highest BCUT2D eigenvalue weighted by atomic mass is 16.0. The summed E-state index contributed by atoms with van der Waals surface area (Å²) in [5, 5.41) is 0. The van der Waals surface area contributed by atoms with Crippen LogP contribution in [0.2, 0.25) is 0 Å². The van der Waals surface area contributed by atoms with E-state index in [0.717, 1.165) is 6.42 Å². The van der Waals surface area contributed by atoms with Crippen molar-refractivity contribution in [1.82, 2.24) is 0 Å². The predicted octanol–water partition coefficient (Wildman–Crippen LogP) is 2.09. The van der Waals surface area contributed by atoms with Gasteiger partial charge in [-0.2, -0.15) is 0 Å². The number of allylic oxidation sites excluding steroid dienone is 3. The van der Waals surface area contributed by atoms with E-state index in [2.05, 4.69) is 18.7 Å². The minimum atomic E-state index is 0. The molecule has 0 aliphatic heterocycles. The van der Waals surface area contributed by atoms with Gasteiger partial charge in [0.2, 0.25) is 0 Å². The van der Waals surface area contributed by atoms with Crippen molar-refractivity contribution < 1.29 is 5.48 Å². The van der Waals surface area contributed by atoms with Crippen LogP contribution in [0.25, 0.3) is 0 Å². The van der Waals surface area contributed by atoms with Crippen LogP contribution in [0.5, 0.6) is 0 Å². The summed E-state index contributed by atoms with van der Waals surface area (Å²) < 4.78 is 0. The van der Waals surface area contributed by atoms with Crippen LogP contribution in [0.15, 0.2) is 24.8 Å². The first-order chi connectivity index (χ1) is 3.91. The van der Waals surface area contributed by atoms with E-state index >= 15 is 0 Å². The van der Waals surface area contributed by atoms with Gasteiger partial charge in [-0.3, -0.25) is 0 Å². The molecule has 0 bridgehead atoms. The van der Waals surface area contributed by atoms with Gasteiger partial charge in [0.25, 0.3) is 0 Å². The van der Waals surface area contributed by atoms with Crippen molar-refractivity contribution in [1.29, 1.82) is 0 Å². The molecule has 9 heavy (non-hydrogen) atoms. The lowest BCUT2D eigenvalue weighted by Crippen LogP contribution is -1.65. The van der Waals surface area contributed by atoms with Crippen LogP contribution in [0.4, 0.5) is 0 Å². The van der Waals surface area contributed by atoms with Gasteiger partial charge in [0.1, 0.15) is 0 Å². The molecule has 0 aromatic heterocycles. The second kappa shape index (κ2) is 10.4. The van der Waals surface area contributed by atoms with Crippen LogP contribution >= 0.6 is 0 Å². The smallest absolute Gasteiger partial charge is 0.0348 e. The van der Waals surface area contributed by atoms with E-state index in [9.17, 15) is 0 Å². The second-order valence-corrected chi connectivity index (χ2v) is 1.79. The Morgan fingerprint density at radius 2 is 2.00 bits per heavy atom. The Kier molecular flexibility index (Phi) is 13.1. The minimum Gasteiger partial charge on any atom is -0.412 e. The van der Waals surface area contributed by atoms with E-state index in [0.29, 0.717) is 0 Å². The standard InChI is InChI=1S/C8H14.H2O/c1-3-5-7-8-6-4-2;/h3-4,6H,1,5,7-8H2,2H3;1H2. The topological polar surface area (TPSA) is 31.5 Å². The maximum absolute atomic E-state index is 3.63. The van der Waals surface area contributed by atoms with Crippen molar-refractivity contribution >= 4 is 0 Å². The molecule has 1 heteroatoms. The number of hydrogen-bond donors (Lipinski definition) is 0. The number of unbranched alkanes of at least 4 members (excludes halogenated alkanes) is 2. The Labute approximate surface area is 57.4 Å². The molecule has 0 aromatic rings. The monoisotopic (exact) mass is 128 g/mol. The number of hydrogen-bond acceptors (Lipinski definition) is 0. The third-order valence-corrected chi connectivity index (χ3v) is 1.01. The quantitative estimate of drug-likeness (QED) is 0.410. The second-order valence-electron chi connectivity index (χ2n) is 1.79. The van der Waals surface area contributed by atoms with Crippen molar-refractivity contribution in [3.8, 4) is 0 Å². The molecule has 0 heterocycles. The Bertz CT molecular complexity index is 74.6. The zero-order valence-corrected chi connectivity index (χ0v) is 6.06. The maximum Gasteiger partial charge on any atom is -0.0348 e. The van der Waals surface area contributed by atoms with Crippen molar-refractivity contribution in [2.24, 2.45) is 0 Å². The molecule has 0 amide bonds. The summed E-state index contributed by atoms with van der Waals surface area (Å²) in [5.74, 6) is 0. The van der Waals surface area contributed by atoms with Crippen molar-refractivity contribution in [3.63, 3.8) is 0 Å². The van der Waals surface area contributed by atoms with Crippen LogP contribution in [-0.2, 0) is 0 Å². The van der Waals surface area contributed by atoms with Gasteiger partial charge < -0.3 is 5.48 Å². The third-order valence-electron chi connectivity index (χ3n) is 1.01. The van der Waals surface area contributed by atoms with Crippen molar-refractivity contribution in [2.75, 3.05) is 0 Å². The van der Waals surface area contributed by atoms with Crippen LogP contribution in [0.1, 0.15) is 26.2 Å². The molecule has 0 atom stereocenters. The molecule has 0 saturated heterocycles. The molecule has 0 aromatic carbocycles. The van der Waals surface area contributed by atoms with Crippen molar-refractivity contribution in [2.45, 2.75) is 26.2 Å². The molecule has 0 radical (unpaired) electrons. The molecular formula is C8H16O. The molecule has 0 unspecified atom stereocenters. The molecule has 2 N–H and O–H groups in total. The average Bonchev–Trinajstić information content (AvgIpc) is 1.81. The molecular weight excluding hydrogens is 112 g/mol. The molecule has 1 nitrogen and oxygen atoms in total. The lowest BCUT2D eigenvalue weighted by atomic mass is 10.2. The largest absolute Gasteiger partial charge is 0.412 e. The van der Waals surface area contributed by atoms with Crippen LogP contribution in [0, 0.1) is 0 Å². The van der Waals surface area contributed by atoms with Crippen molar-refractivity contribution in [3.05, 3.63) is 24.8 Å². The summed E-state index contributed by atoms with van der Waals surface area (Å²) in [4.78, 5) is 0. The molecule has 0 rings (SSSR count). The molecule has 0 spiro atoms. The summed E-state index contributed by atoms with van der Waals surface area (Å²) in [7, 11) is 0. The van der Waals surface area contributed by atoms with Crippen LogP contribution in [0.3, 0.4) is 0 Å². The number of rotatable bonds is 4. The fraction of sp³-hybridized carbons (Fsp3) is 0.500. The zero-order valence-electron chi connectivity index (χ0n) is 6.06. The Balaban J connectivity index is 0. The van der Waals surface area contributed by atoms with E-state index in [1.165, 1.54) is 12.8 Å². The third kappa shape index (κ3) is 11.2. The Morgan fingerprint density at radius 3 is 2.44 bits per heavy atom. The van der Waals surface area contributed by atoms with Crippen LogP contribution in [-0.4, -0.2) is 5.48 Å². The fourth-order valence-corrected chi connectivity index (χ4v) is 0.547. The summed E-state index contributed by atoms with van der Waals surface area (Å²) >= 11 is 0. The minimum absolute atomic E-state index is 0. The normalized spacial score (nSPS) is 9.00. The Hall–Kier alpha value is -0.560. The van der Waals surface area contributed by atoms with Gasteiger partial charge in [-0.15, -0.1) is 6.58 Å². The van der Waals surface area contributed by atoms with Gasteiger partial charge in [0.05, 0.1) is 0 Å². The first kappa shape index (κ1) is 11.3. The highest BCUT2D eigenvalue weighted by Gasteiger charge is 1.75. The van der Waals surface area contributed by atoms with E-state index in [1.54, 1.807) is 0 Å². The van der Waals surface area contributed by atoms with E-state index in [-0.39, 0.29) is 5.48 Å². The van der Waals surface area contributed by atoms with Gasteiger partial charge in [-0.1, -0.05) is 18.2 Å². The Morgan fingerprint density at radius 1 is 1.33 bits per heavy atom. The lowest BCUT2D eigenvalue weighted by molar-refractivity contribution is 0.824. The first-order valence-electron chi connectivity index (χ1n) is 3.14. The lowest BCUT2D eigenvalue weighted by Gasteiger charge is -1.85. The van der Waals surface area contributed by atoms with Gasteiger partial charge >= 0.3 is 0 Å². The predicted molar refractivity (Wildman–Crippen MR) is 42.5 cm³/mol. The molecule has 0 saturated carbocycles. The summed E-state index contributed by atoms with van der Waals surface area (Å²) in [6, 6.07) is 0. The highest BCUT2D eigenvalue weighted by molar-refractivity contribution is 4.78. The van der Waals surface area contributed by atoms with E-state index in [4.69, 9.17) is 0 Å². The zero-order chi connectivity index (χ0) is 6.24. The highest BCUT2D eigenvalue weighted by Crippen LogP contribution is 1.95. The van der Waals surface area contributed by atoms with Gasteiger partial charge in [-0.05, 0) is 26.2 Å². The average molecular weight is 128 g/mol. The first-order valence-corrected chi connectivity index (χ1v) is 3.14. The summed E-state index contributed by atoms with van der Waals surface area (Å²) in [6.07, 6.45) is 9.82. The molecule has 0 aliphatic rings. The summed E-state index contributed by atoms with van der Waals surface area (Å²) in [5.41, 5.74) is 0. The molecule has 0 aliphatic carbocycles. The SMILES string of the molecule is C=CCCCC=CC.O. The molecule has 0 fully saturated rings. The summed E-state index contributed by atoms with van der Waals surface area (Å²) in [6.45, 7) is 5.68. The fourth-order valence-electron chi connectivity index (χ4n) is 0.547. The van der Waals surface area contributed by atoms with E-state index < -0.39 is 0 Å².